The SMILES string of the molecule is CCc1c2n(c3c(F)cc(F)cc13)Cc1ccccc1-2.CNC. The molecule has 0 atom stereocenters. The monoisotopic (exact) mass is 314 g/mol. The molecule has 0 aliphatic carbocycles. The van der Waals surface area contributed by atoms with Crippen molar-refractivity contribution in [3.05, 3.63) is 59.2 Å². The van der Waals surface area contributed by atoms with Crippen molar-refractivity contribution in [3.63, 3.8) is 0 Å². The van der Waals surface area contributed by atoms with Crippen LogP contribution in [0.3, 0.4) is 0 Å². The first-order chi connectivity index (χ1) is 11.1. The zero-order valence-electron chi connectivity index (χ0n) is 13.6. The Balaban J connectivity index is 0.000000485. The third-order valence-electron chi connectivity index (χ3n) is 4.13. The van der Waals surface area contributed by atoms with E-state index >= 15 is 0 Å². The number of aryl methyl sites for hydroxylation is 1. The summed E-state index contributed by atoms with van der Waals surface area (Å²) in [5.74, 6) is -0.990. The lowest BCUT2D eigenvalue weighted by atomic mass is 10.0. The van der Waals surface area contributed by atoms with Gasteiger partial charge in [0.25, 0.3) is 0 Å². The molecule has 2 heterocycles. The standard InChI is InChI=1S/C17H13F2N.C2H7N/c1-2-12-14-7-11(18)8-15(19)17(14)20-9-10-5-3-4-6-13(10)16(12)20;1-3-2/h3-8H,2,9H2,1H3;3H,1-2H3. The van der Waals surface area contributed by atoms with Crippen molar-refractivity contribution < 1.29 is 8.78 Å². The fourth-order valence-corrected chi connectivity index (χ4v) is 3.36. The number of hydrogen-bond donors (Lipinski definition) is 1. The van der Waals surface area contributed by atoms with Crippen molar-refractivity contribution in [2.45, 2.75) is 19.9 Å². The van der Waals surface area contributed by atoms with Gasteiger partial charge in [-0.3, -0.25) is 0 Å². The molecular weight excluding hydrogens is 294 g/mol. The number of aromatic nitrogens is 1. The molecule has 23 heavy (non-hydrogen) atoms. The third kappa shape index (κ3) is 2.43. The molecule has 0 unspecified atom stereocenters. The first kappa shape index (κ1) is 15.7. The van der Waals surface area contributed by atoms with Crippen LogP contribution in [-0.2, 0) is 13.0 Å². The van der Waals surface area contributed by atoms with E-state index in [0.29, 0.717) is 17.4 Å². The lowest BCUT2D eigenvalue weighted by Crippen LogP contribution is -1.95. The van der Waals surface area contributed by atoms with E-state index in [2.05, 4.69) is 17.4 Å². The highest BCUT2D eigenvalue weighted by Gasteiger charge is 2.26. The maximum absolute atomic E-state index is 14.2. The van der Waals surface area contributed by atoms with Gasteiger partial charge in [-0.05, 0) is 37.7 Å². The van der Waals surface area contributed by atoms with Crippen LogP contribution in [0.5, 0.6) is 0 Å². The van der Waals surface area contributed by atoms with Gasteiger partial charge in [0.05, 0.1) is 11.2 Å². The summed E-state index contributed by atoms with van der Waals surface area (Å²) in [5.41, 5.74) is 4.93. The van der Waals surface area contributed by atoms with Crippen LogP contribution < -0.4 is 5.32 Å². The predicted molar refractivity (Wildman–Crippen MR) is 90.8 cm³/mol. The fraction of sp³-hybridized carbons (Fsp3) is 0.263. The van der Waals surface area contributed by atoms with Gasteiger partial charge in [-0.2, -0.15) is 0 Å². The molecule has 0 fully saturated rings. The molecule has 2 aromatic carbocycles. The van der Waals surface area contributed by atoms with Gasteiger partial charge in [0.1, 0.15) is 11.6 Å². The molecule has 120 valence electrons. The summed E-state index contributed by atoms with van der Waals surface area (Å²) >= 11 is 0. The molecule has 1 aromatic heterocycles. The topological polar surface area (TPSA) is 17.0 Å². The highest BCUT2D eigenvalue weighted by atomic mass is 19.1. The molecule has 3 aromatic rings. The predicted octanol–water partition coefficient (Wildman–Crippen LogP) is 4.35. The zero-order valence-corrected chi connectivity index (χ0v) is 13.6. The van der Waals surface area contributed by atoms with Crippen LogP contribution in [0.15, 0.2) is 36.4 Å². The van der Waals surface area contributed by atoms with E-state index in [1.165, 1.54) is 11.6 Å². The number of rotatable bonds is 1. The summed E-state index contributed by atoms with van der Waals surface area (Å²) in [7, 11) is 3.75. The molecule has 0 saturated heterocycles. The Labute approximate surface area is 134 Å². The van der Waals surface area contributed by atoms with Crippen LogP contribution in [0.25, 0.3) is 22.2 Å². The Bertz CT molecular complexity index is 865. The van der Waals surface area contributed by atoms with E-state index in [0.717, 1.165) is 29.3 Å². The molecule has 4 rings (SSSR count). The smallest absolute Gasteiger partial charge is 0.150 e. The minimum absolute atomic E-state index is 0.478. The second-order valence-corrected chi connectivity index (χ2v) is 5.71. The maximum atomic E-state index is 14.2. The van der Waals surface area contributed by atoms with E-state index in [1.54, 1.807) is 0 Å². The second kappa shape index (κ2) is 6.13. The van der Waals surface area contributed by atoms with Crippen molar-refractivity contribution in [2.24, 2.45) is 0 Å². The van der Waals surface area contributed by atoms with Crippen LogP contribution in [0.4, 0.5) is 8.78 Å². The normalized spacial score (nSPS) is 11.9. The molecule has 2 nitrogen and oxygen atoms in total. The van der Waals surface area contributed by atoms with Crippen LogP contribution in [0.1, 0.15) is 18.1 Å². The van der Waals surface area contributed by atoms with Crippen LogP contribution in [0, 0.1) is 11.6 Å². The van der Waals surface area contributed by atoms with Crippen molar-refractivity contribution in [2.75, 3.05) is 14.1 Å². The minimum Gasteiger partial charge on any atom is -0.333 e. The lowest BCUT2D eigenvalue weighted by molar-refractivity contribution is 0.587. The largest absolute Gasteiger partial charge is 0.333 e. The van der Waals surface area contributed by atoms with E-state index in [4.69, 9.17) is 0 Å². The Morgan fingerprint density at radius 3 is 2.52 bits per heavy atom. The number of benzene rings is 2. The molecule has 0 bridgehead atoms. The first-order valence-corrected chi connectivity index (χ1v) is 7.79. The van der Waals surface area contributed by atoms with Crippen LogP contribution in [-0.4, -0.2) is 18.7 Å². The van der Waals surface area contributed by atoms with Gasteiger partial charge in [-0.15, -0.1) is 0 Å². The molecule has 0 spiro atoms. The minimum atomic E-state index is -0.512. The highest BCUT2D eigenvalue weighted by Crippen LogP contribution is 2.42. The number of fused-ring (bicyclic) bond motifs is 5. The van der Waals surface area contributed by atoms with E-state index in [9.17, 15) is 8.78 Å². The average Bonchev–Trinajstić information content (AvgIpc) is 3.01. The van der Waals surface area contributed by atoms with E-state index in [1.807, 2.05) is 37.7 Å². The molecule has 0 radical (unpaired) electrons. The van der Waals surface area contributed by atoms with Gasteiger partial charge < -0.3 is 9.88 Å². The van der Waals surface area contributed by atoms with Crippen molar-refractivity contribution in [1.82, 2.24) is 9.88 Å². The molecule has 0 amide bonds. The Morgan fingerprint density at radius 1 is 1.13 bits per heavy atom. The summed E-state index contributed by atoms with van der Waals surface area (Å²) in [6.45, 7) is 2.68. The zero-order chi connectivity index (χ0) is 16.6. The Hall–Kier alpha value is -2.20. The second-order valence-electron chi connectivity index (χ2n) is 5.71. The third-order valence-corrected chi connectivity index (χ3v) is 4.13. The number of hydrogen-bond acceptors (Lipinski definition) is 1. The van der Waals surface area contributed by atoms with Gasteiger partial charge in [-0.1, -0.05) is 31.2 Å². The van der Waals surface area contributed by atoms with Crippen LogP contribution in [0.2, 0.25) is 0 Å². The Morgan fingerprint density at radius 2 is 1.83 bits per heavy atom. The average molecular weight is 314 g/mol. The summed E-state index contributed by atoms with van der Waals surface area (Å²) in [4.78, 5) is 0. The van der Waals surface area contributed by atoms with Gasteiger partial charge in [0, 0.05) is 23.6 Å². The van der Waals surface area contributed by atoms with Gasteiger partial charge >= 0.3 is 0 Å². The summed E-state index contributed by atoms with van der Waals surface area (Å²) in [6, 6.07) is 10.5. The van der Waals surface area contributed by atoms with Crippen molar-refractivity contribution in [1.29, 1.82) is 0 Å². The molecule has 1 aliphatic rings. The first-order valence-electron chi connectivity index (χ1n) is 7.79. The molecule has 4 heteroatoms. The number of halogens is 2. The molecule has 1 N–H and O–H groups in total. The lowest BCUT2D eigenvalue weighted by Gasteiger charge is -2.02. The molecule has 1 aliphatic heterocycles. The molecular formula is C19H20F2N2. The summed E-state index contributed by atoms with van der Waals surface area (Å²) in [5, 5.41) is 3.45. The van der Waals surface area contributed by atoms with Gasteiger partial charge in [0.15, 0.2) is 0 Å². The molecule has 0 saturated carbocycles. The Kier molecular flexibility index (Phi) is 4.18. The van der Waals surface area contributed by atoms with E-state index in [-0.39, 0.29) is 0 Å². The highest BCUT2D eigenvalue weighted by molar-refractivity contribution is 5.94. The summed E-state index contributed by atoms with van der Waals surface area (Å²) < 4.78 is 29.7. The maximum Gasteiger partial charge on any atom is 0.150 e. The quantitative estimate of drug-likeness (QED) is 0.553. The van der Waals surface area contributed by atoms with Gasteiger partial charge in [-0.25, -0.2) is 8.78 Å². The number of nitrogens with one attached hydrogen (secondary N) is 1. The van der Waals surface area contributed by atoms with Crippen LogP contribution >= 0.6 is 0 Å². The fourth-order valence-electron chi connectivity index (χ4n) is 3.36. The van der Waals surface area contributed by atoms with E-state index < -0.39 is 11.6 Å². The van der Waals surface area contributed by atoms with Crippen molar-refractivity contribution in [3.8, 4) is 11.3 Å². The van der Waals surface area contributed by atoms with Crippen molar-refractivity contribution >= 4 is 10.9 Å². The van der Waals surface area contributed by atoms with Gasteiger partial charge in [0.2, 0.25) is 0 Å². The number of nitrogens with zero attached hydrogens (tertiary/aromatic N) is 1. The summed E-state index contributed by atoms with van der Waals surface area (Å²) in [6.07, 6.45) is 0.760.